The van der Waals surface area contributed by atoms with Gasteiger partial charge in [0, 0.05) is 16.9 Å². The molecule has 4 rings (SSSR count). The predicted molar refractivity (Wildman–Crippen MR) is 103 cm³/mol. The van der Waals surface area contributed by atoms with Gasteiger partial charge in [-0.3, -0.25) is 0 Å². The van der Waals surface area contributed by atoms with Crippen molar-refractivity contribution in [3.05, 3.63) is 59.9 Å². The second-order valence-electron chi connectivity index (χ2n) is 6.28. The van der Waals surface area contributed by atoms with Crippen molar-refractivity contribution in [3.8, 4) is 17.0 Å². The van der Waals surface area contributed by atoms with Gasteiger partial charge in [-0.05, 0) is 49.7 Å². The smallest absolute Gasteiger partial charge is 0.187 e. The van der Waals surface area contributed by atoms with E-state index in [4.69, 9.17) is 9.26 Å². The number of hydrogen-bond donors (Lipinski definition) is 1. The van der Waals surface area contributed by atoms with Gasteiger partial charge in [0.25, 0.3) is 0 Å². The van der Waals surface area contributed by atoms with Gasteiger partial charge in [-0.1, -0.05) is 12.1 Å². The zero-order valence-corrected chi connectivity index (χ0v) is 15.3. The summed E-state index contributed by atoms with van der Waals surface area (Å²) >= 11 is 0. The molecule has 0 aliphatic carbocycles. The molecule has 2 heterocycles. The van der Waals surface area contributed by atoms with Gasteiger partial charge in [0.2, 0.25) is 0 Å². The molecule has 27 heavy (non-hydrogen) atoms. The first-order chi connectivity index (χ1) is 13.1. The summed E-state index contributed by atoms with van der Waals surface area (Å²) in [5.41, 5.74) is 4.20. The maximum Gasteiger partial charge on any atom is 0.187 e. The van der Waals surface area contributed by atoms with E-state index in [2.05, 4.69) is 38.6 Å². The van der Waals surface area contributed by atoms with Gasteiger partial charge in [-0.2, -0.15) is 0 Å². The lowest BCUT2D eigenvalue weighted by Crippen LogP contribution is -2.09. The molecule has 2 aromatic carbocycles. The van der Waals surface area contributed by atoms with Crippen molar-refractivity contribution in [3.63, 3.8) is 0 Å². The van der Waals surface area contributed by atoms with Crippen molar-refractivity contribution in [2.24, 2.45) is 0 Å². The highest BCUT2D eigenvalue weighted by Crippen LogP contribution is 2.26. The molecule has 136 valence electrons. The molecule has 2 aromatic heterocycles. The van der Waals surface area contributed by atoms with Crippen LogP contribution in [0.25, 0.3) is 22.4 Å². The molecule has 0 aliphatic heterocycles. The number of benzene rings is 2. The molecule has 1 atom stereocenters. The summed E-state index contributed by atoms with van der Waals surface area (Å²) in [5.74, 6) is 2.27. The molecule has 0 radical (unpaired) electrons. The average molecular weight is 361 g/mol. The van der Waals surface area contributed by atoms with E-state index in [9.17, 15) is 0 Å². The Kier molecular flexibility index (Phi) is 4.42. The van der Waals surface area contributed by atoms with E-state index in [-0.39, 0.29) is 6.04 Å². The topological polar surface area (TPSA) is 86.0 Å². The SMILES string of the molecule is COc1cccc([C@H](C)Nc2cc(-c3ccc4onnc4c3)nc(C)n2)c1. The van der Waals surface area contributed by atoms with Crippen molar-refractivity contribution in [1.82, 2.24) is 20.3 Å². The summed E-state index contributed by atoms with van der Waals surface area (Å²) in [4.78, 5) is 9.07. The summed E-state index contributed by atoms with van der Waals surface area (Å²) in [7, 11) is 1.67. The van der Waals surface area contributed by atoms with Gasteiger partial charge in [0.05, 0.1) is 18.8 Å². The van der Waals surface area contributed by atoms with Crippen LogP contribution in [-0.4, -0.2) is 27.4 Å². The fraction of sp³-hybridized carbons (Fsp3) is 0.200. The van der Waals surface area contributed by atoms with Crippen molar-refractivity contribution >= 4 is 16.9 Å². The highest BCUT2D eigenvalue weighted by molar-refractivity contribution is 5.79. The van der Waals surface area contributed by atoms with E-state index in [1.54, 1.807) is 7.11 Å². The van der Waals surface area contributed by atoms with Crippen molar-refractivity contribution in [2.45, 2.75) is 19.9 Å². The number of ether oxygens (including phenoxy) is 1. The minimum atomic E-state index is 0.0597. The molecule has 0 aliphatic rings. The third-order valence-electron chi connectivity index (χ3n) is 4.34. The molecule has 7 heteroatoms. The Labute approximate surface area is 156 Å². The van der Waals surface area contributed by atoms with Gasteiger partial charge in [-0.25, -0.2) is 9.97 Å². The molecule has 7 nitrogen and oxygen atoms in total. The number of fused-ring (bicyclic) bond motifs is 1. The summed E-state index contributed by atoms with van der Waals surface area (Å²) < 4.78 is 10.4. The molecule has 4 aromatic rings. The lowest BCUT2D eigenvalue weighted by atomic mass is 10.1. The van der Waals surface area contributed by atoms with Crippen LogP contribution < -0.4 is 10.1 Å². The second kappa shape index (κ2) is 7.03. The lowest BCUT2D eigenvalue weighted by molar-refractivity contribution is 0.414. The van der Waals surface area contributed by atoms with Gasteiger partial charge >= 0.3 is 0 Å². The molecule has 0 unspecified atom stereocenters. The van der Waals surface area contributed by atoms with Crippen LogP contribution in [0.3, 0.4) is 0 Å². The maximum absolute atomic E-state index is 5.31. The van der Waals surface area contributed by atoms with Crippen LogP contribution in [-0.2, 0) is 0 Å². The number of methoxy groups -OCH3 is 1. The maximum atomic E-state index is 5.31. The first kappa shape index (κ1) is 17.0. The predicted octanol–water partition coefficient (Wildman–Crippen LogP) is 4.17. The number of aromatic nitrogens is 4. The largest absolute Gasteiger partial charge is 0.497 e. The Morgan fingerprint density at radius 1 is 1.07 bits per heavy atom. The van der Waals surface area contributed by atoms with E-state index < -0.39 is 0 Å². The summed E-state index contributed by atoms with van der Waals surface area (Å²) in [6, 6.07) is 15.6. The molecule has 0 saturated heterocycles. The third-order valence-corrected chi connectivity index (χ3v) is 4.34. The van der Waals surface area contributed by atoms with Gasteiger partial charge in [-0.15, -0.1) is 5.10 Å². The molecule has 0 fully saturated rings. The highest BCUT2D eigenvalue weighted by Gasteiger charge is 2.11. The number of hydrogen-bond acceptors (Lipinski definition) is 7. The van der Waals surface area contributed by atoms with E-state index in [1.165, 1.54) is 0 Å². The zero-order valence-electron chi connectivity index (χ0n) is 15.3. The number of rotatable bonds is 5. The second-order valence-corrected chi connectivity index (χ2v) is 6.28. The monoisotopic (exact) mass is 361 g/mol. The summed E-state index contributed by atoms with van der Waals surface area (Å²) in [6.45, 7) is 3.96. The average Bonchev–Trinajstić information content (AvgIpc) is 3.15. The number of nitrogens with one attached hydrogen (secondary N) is 1. The fourth-order valence-corrected chi connectivity index (χ4v) is 2.95. The van der Waals surface area contributed by atoms with Crippen LogP contribution in [0, 0.1) is 6.92 Å². The molecule has 1 N–H and O–H groups in total. The van der Waals surface area contributed by atoms with Crippen LogP contribution in [0.4, 0.5) is 5.82 Å². The molecule has 0 saturated carbocycles. The van der Waals surface area contributed by atoms with Gasteiger partial charge in [0.15, 0.2) is 5.58 Å². The normalized spacial score (nSPS) is 12.1. The first-order valence-electron chi connectivity index (χ1n) is 8.61. The van der Waals surface area contributed by atoms with Gasteiger partial charge < -0.3 is 14.6 Å². The van der Waals surface area contributed by atoms with Crippen LogP contribution in [0.1, 0.15) is 24.4 Å². The minimum absolute atomic E-state index is 0.0597. The molecule has 0 spiro atoms. The Morgan fingerprint density at radius 3 is 2.81 bits per heavy atom. The quantitative estimate of drug-likeness (QED) is 0.571. The van der Waals surface area contributed by atoms with Crippen molar-refractivity contribution < 1.29 is 9.26 Å². The number of anilines is 1. The highest BCUT2D eigenvalue weighted by atomic mass is 16.5. The fourth-order valence-electron chi connectivity index (χ4n) is 2.95. The molecule has 0 bridgehead atoms. The van der Waals surface area contributed by atoms with Crippen molar-refractivity contribution in [1.29, 1.82) is 0 Å². The molecular weight excluding hydrogens is 342 g/mol. The van der Waals surface area contributed by atoms with Crippen LogP contribution in [0.5, 0.6) is 5.75 Å². The lowest BCUT2D eigenvalue weighted by Gasteiger charge is -2.16. The third kappa shape index (κ3) is 3.57. The summed E-state index contributed by atoms with van der Waals surface area (Å²) in [5, 5.41) is 11.0. The van der Waals surface area contributed by atoms with Crippen LogP contribution >= 0.6 is 0 Å². The van der Waals surface area contributed by atoms with E-state index in [0.29, 0.717) is 16.9 Å². The Morgan fingerprint density at radius 2 is 1.96 bits per heavy atom. The Hall–Kier alpha value is -3.48. The Balaban J connectivity index is 1.63. The molecule has 0 amide bonds. The van der Waals surface area contributed by atoms with Crippen LogP contribution in [0.15, 0.2) is 53.1 Å². The van der Waals surface area contributed by atoms with Crippen LogP contribution in [0.2, 0.25) is 0 Å². The molecular formula is C20H19N5O2. The summed E-state index contributed by atoms with van der Waals surface area (Å²) in [6.07, 6.45) is 0. The van der Waals surface area contributed by atoms with Crippen molar-refractivity contribution in [2.75, 3.05) is 12.4 Å². The number of aryl methyl sites for hydroxylation is 1. The number of nitrogens with zero attached hydrogens (tertiary/aromatic N) is 4. The first-order valence-corrected chi connectivity index (χ1v) is 8.61. The van der Waals surface area contributed by atoms with Gasteiger partial charge in [0.1, 0.15) is 22.9 Å². The zero-order chi connectivity index (χ0) is 18.8. The minimum Gasteiger partial charge on any atom is -0.497 e. The van der Waals surface area contributed by atoms with E-state index >= 15 is 0 Å². The Bertz CT molecular complexity index is 1090. The van der Waals surface area contributed by atoms with E-state index in [1.807, 2.05) is 49.4 Å². The standard InChI is InChI=1S/C20H19N5O2/c1-12(14-5-4-6-16(9-14)26-3)21-20-11-17(22-13(2)23-20)15-7-8-19-18(10-15)24-25-27-19/h4-12H,1-3H3,(H,21,22,23)/t12-/m0/s1. The van der Waals surface area contributed by atoms with E-state index in [0.717, 1.165) is 28.4 Å².